The highest BCUT2D eigenvalue weighted by molar-refractivity contribution is 7.26. The molecular formula is C39H24N2OS. The summed E-state index contributed by atoms with van der Waals surface area (Å²) in [6.07, 6.45) is 3.86. The van der Waals surface area contributed by atoms with Crippen LogP contribution in [0.3, 0.4) is 0 Å². The van der Waals surface area contributed by atoms with Crippen molar-refractivity contribution in [3.63, 3.8) is 0 Å². The van der Waals surface area contributed by atoms with Crippen molar-refractivity contribution < 1.29 is 4.42 Å². The van der Waals surface area contributed by atoms with Gasteiger partial charge >= 0.3 is 0 Å². The third-order valence-corrected chi connectivity index (χ3v) is 9.46. The maximum atomic E-state index is 6.34. The molecule has 0 fully saturated rings. The number of fused-ring (bicyclic) bond motifs is 8. The number of hydrogen-bond acceptors (Lipinski definition) is 4. The van der Waals surface area contributed by atoms with Crippen LogP contribution in [0.15, 0.2) is 150 Å². The minimum absolute atomic E-state index is 0.877. The fraction of sp³-hybridized carbons (Fsp3) is 0. The number of benzene rings is 6. The van der Waals surface area contributed by atoms with E-state index in [1.807, 2.05) is 35.9 Å². The van der Waals surface area contributed by atoms with Crippen LogP contribution in [0.1, 0.15) is 0 Å². The van der Waals surface area contributed by atoms with E-state index in [0.717, 1.165) is 39.0 Å². The molecule has 0 atom stereocenters. The standard InChI is InChI=1S/C39H24N2OS/c1-2-7-25(8-3-1)27-9-6-10-28(21-27)41(30-14-16-32-31-11-4-5-12-35(31)42-36(32)23-30)29-15-18-37-33(22-29)39-34-24-40-20-19-26(34)13-17-38(39)43-37/h1-24H. The molecule has 0 aliphatic carbocycles. The summed E-state index contributed by atoms with van der Waals surface area (Å²) in [5.74, 6) is 0. The molecule has 0 aliphatic rings. The maximum absolute atomic E-state index is 6.34. The first-order valence-corrected chi connectivity index (χ1v) is 15.2. The molecule has 9 aromatic rings. The molecule has 0 bridgehead atoms. The number of rotatable bonds is 4. The van der Waals surface area contributed by atoms with Crippen molar-refractivity contribution in [3.8, 4) is 11.1 Å². The van der Waals surface area contributed by atoms with Gasteiger partial charge in [-0.15, -0.1) is 11.3 Å². The van der Waals surface area contributed by atoms with Gasteiger partial charge in [0.25, 0.3) is 0 Å². The van der Waals surface area contributed by atoms with Gasteiger partial charge in [-0.05, 0) is 77.2 Å². The number of thiophene rings is 1. The molecule has 0 N–H and O–H groups in total. The second-order valence-electron chi connectivity index (χ2n) is 10.8. The van der Waals surface area contributed by atoms with Crippen molar-refractivity contribution in [1.82, 2.24) is 4.98 Å². The van der Waals surface area contributed by atoms with Gasteiger partial charge in [0.05, 0.1) is 0 Å². The molecular weight excluding hydrogens is 545 g/mol. The first-order chi connectivity index (χ1) is 21.3. The maximum Gasteiger partial charge on any atom is 0.137 e. The van der Waals surface area contributed by atoms with Gasteiger partial charge in [0.1, 0.15) is 11.2 Å². The molecule has 0 spiro atoms. The molecule has 0 saturated heterocycles. The summed E-state index contributed by atoms with van der Waals surface area (Å²) in [7, 11) is 0. The Bertz CT molecular complexity index is 2470. The summed E-state index contributed by atoms with van der Waals surface area (Å²) >= 11 is 1.83. The van der Waals surface area contributed by atoms with Gasteiger partial charge in [0.2, 0.25) is 0 Å². The molecule has 9 rings (SSSR count). The monoisotopic (exact) mass is 568 g/mol. The zero-order valence-electron chi connectivity index (χ0n) is 23.1. The summed E-state index contributed by atoms with van der Waals surface area (Å²) in [5.41, 5.74) is 7.36. The largest absolute Gasteiger partial charge is 0.456 e. The quantitative estimate of drug-likeness (QED) is 0.211. The van der Waals surface area contributed by atoms with Crippen LogP contribution < -0.4 is 4.90 Å². The number of aromatic nitrogens is 1. The van der Waals surface area contributed by atoms with Gasteiger partial charge < -0.3 is 9.32 Å². The lowest BCUT2D eigenvalue weighted by molar-refractivity contribution is 0.669. The highest BCUT2D eigenvalue weighted by Gasteiger charge is 2.18. The van der Waals surface area contributed by atoms with Crippen LogP contribution in [-0.2, 0) is 0 Å². The number of pyridine rings is 1. The summed E-state index contributed by atoms with van der Waals surface area (Å²) in [5, 5.41) is 7.15. The van der Waals surface area contributed by atoms with Crippen molar-refractivity contribution >= 4 is 81.3 Å². The summed E-state index contributed by atoms with van der Waals surface area (Å²) in [6.45, 7) is 0. The average molecular weight is 569 g/mol. The predicted octanol–water partition coefficient (Wildman–Crippen LogP) is 11.6. The van der Waals surface area contributed by atoms with Crippen LogP contribution in [0.2, 0.25) is 0 Å². The first kappa shape index (κ1) is 24.2. The molecule has 3 heterocycles. The fourth-order valence-corrected chi connectivity index (χ4v) is 7.42. The van der Waals surface area contributed by atoms with Gasteiger partial charge in [-0.2, -0.15) is 0 Å². The van der Waals surface area contributed by atoms with Crippen LogP contribution in [0.25, 0.3) is 64.0 Å². The Labute approximate surface area is 251 Å². The van der Waals surface area contributed by atoms with Gasteiger partial charge in [-0.25, -0.2) is 0 Å². The second kappa shape index (κ2) is 9.55. The number of furan rings is 1. The third-order valence-electron chi connectivity index (χ3n) is 8.33. The van der Waals surface area contributed by atoms with Gasteiger partial charge in [-0.3, -0.25) is 4.98 Å². The fourth-order valence-electron chi connectivity index (χ4n) is 6.32. The molecule has 0 aliphatic heterocycles. The predicted molar refractivity (Wildman–Crippen MR) is 182 cm³/mol. The molecule has 0 radical (unpaired) electrons. The van der Waals surface area contributed by atoms with Gasteiger partial charge in [-0.1, -0.05) is 66.7 Å². The average Bonchev–Trinajstić information content (AvgIpc) is 3.63. The van der Waals surface area contributed by atoms with Crippen molar-refractivity contribution in [2.75, 3.05) is 4.90 Å². The van der Waals surface area contributed by atoms with Crippen LogP contribution in [0, 0.1) is 0 Å². The third kappa shape index (κ3) is 3.92. The van der Waals surface area contributed by atoms with Crippen molar-refractivity contribution in [2.45, 2.75) is 0 Å². The Morgan fingerprint density at radius 1 is 0.512 bits per heavy atom. The highest BCUT2D eigenvalue weighted by atomic mass is 32.1. The van der Waals surface area contributed by atoms with Crippen LogP contribution in [0.5, 0.6) is 0 Å². The van der Waals surface area contributed by atoms with E-state index in [1.54, 1.807) is 0 Å². The van der Waals surface area contributed by atoms with E-state index in [4.69, 9.17) is 4.42 Å². The van der Waals surface area contributed by atoms with E-state index < -0.39 is 0 Å². The van der Waals surface area contributed by atoms with Gasteiger partial charge in [0.15, 0.2) is 0 Å². The molecule has 3 aromatic heterocycles. The Balaban J connectivity index is 1.29. The summed E-state index contributed by atoms with van der Waals surface area (Å²) < 4.78 is 8.88. The van der Waals surface area contributed by atoms with E-state index in [2.05, 4.69) is 131 Å². The van der Waals surface area contributed by atoms with Crippen LogP contribution >= 0.6 is 11.3 Å². The van der Waals surface area contributed by atoms with Gasteiger partial charge in [0, 0.05) is 71.9 Å². The molecule has 0 saturated carbocycles. The Morgan fingerprint density at radius 3 is 2.23 bits per heavy atom. The minimum atomic E-state index is 0.877. The lowest BCUT2D eigenvalue weighted by Crippen LogP contribution is -2.09. The number of nitrogens with zero attached hydrogens (tertiary/aromatic N) is 2. The first-order valence-electron chi connectivity index (χ1n) is 14.4. The zero-order valence-corrected chi connectivity index (χ0v) is 23.9. The van der Waals surface area contributed by atoms with Crippen molar-refractivity contribution in [3.05, 3.63) is 146 Å². The molecule has 0 amide bonds. The molecule has 3 nitrogen and oxygen atoms in total. The molecule has 4 heteroatoms. The lowest BCUT2D eigenvalue weighted by Gasteiger charge is -2.26. The Morgan fingerprint density at radius 2 is 1.28 bits per heavy atom. The number of hydrogen-bond donors (Lipinski definition) is 0. The van der Waals surface area contributed by atoms with Crippen molar-refractivity contribution in [1.29, 1.82) is 0 Å². The molecule has 43 heavy (non-hydrogen) atoms. The van der Waals surface area contributed by atoms with E-state index in [9.17, 15) is 0 Å². The number of anilines is 3. The topological polar surface area (TPSA) is 29.3 Å². The van der Waals surface area contributed by atoms with E-state index in [1.165, 1.54) is 42.1 Å². The normalized spacial score (nSPS) is 11.7. The minimum Gasteiger partial charge on any atom is -0.456 e. The van der Waals surface area contributed by atoms with Crippen LogP contribution in [0.4, 0.5) is 17.1 Å². The van der Waals surface area contributed by atoms with E-state index >= 15 is 0 Å². The smallest absolute Gasteiger partial charge is 0.137 e. The Kier molecular flexibility index (Phi) is 5.37. The lowest BCUT2D eigenvalue weighted by atomic mass is 10.0. The van der Waals surface area contributed by atoms with Crippen LogP contribution in [-0.4, -0.2) is 4.98 Å². The summed E-state index contributed by atoms with van der Waals surface area (Å²) in [6, 6.07) is 47.4. The second-order valence-corrected chi connectivity index (χ2v) is 11.9. The molecule has 202 valence electrons. The SMILES string of the molecule is c1ccc(-c2cccc(N(c3ccc4c(c3)oc3ccccc34)c3ccc4sc5ccc6ccncc6c5c4c3)c2)cc1. The number of para-hydroxylation sites is 1. The zero-order chi connectivity index (χ0) is 28.3. The van der Waals surface area contributed by atoms with E-state index in [0.29, 0.717) is 0 Å². The molecule has 0 unspecified atom stereocenters. The highest BCUT2D eigenvalue weighted by Crippen LogP contribution is 2.44. The Hall–Kier alpha value is -5.45. The van der Waals surface area contributed by atoms with E-state index in [-0.39, 0.29) is 0 Å². The molecule has 6 aromatic carbocycles. The summed E-state index contributed by atoms with van der Waals surface area (Å²) in [4.78, 5) is 6.81. The van der Waals surface area contributed by atoms with Crippen molar-refractivity contribution in [2.24, 2.45) is 0 Å².